The molecule has 3 rings (SSSR count). The Morgan fingerprint density at radius 2 is 2.09 bits per heavy atom. The van der Waals surface area contributed by atoms with Crippen molar-refractivity contribution >= 4 is 15.9 Å². The number of amides is 1. The highest BCUT2D eigenvalue weighted by Crippen LogP contribution is 2.47. The van der Waals surface area contributed by atoms with Crippen LogP contribution in [0.1, 0.15) is 23.5 Å². The number of rotatable bonds is 5. The minimum absolute atomic E-state index is 0.0183. The molecule has 0 bridgehead atoms. The lowest BCUT2D eigenvalue weighted by molar-refractivity contribution is -0.120. The molecule has 8 heteroatoms. The number of aromatic nitrogens is 2. The summed E-state index contributed by atoms with van der Waals surface area (Å²) in [7, 11) is -2.01. The number of halogens is 1. The molecule has 1 heterocycles. The maximum absolute atomic E-state index is 12.8. The molecular formula is C15H16FN3O3S. The number of hydrogen-bond donors (Lipinski definition) is 1. The van der Waals surface area contributed by atoms with E-state index in [-0.39, 0.29) is 17.6 Å². The van der Waals surface area contributed by atoms with Crippen molar-refractivity contribution in [1.29, 1.82) is 0 Å². The molecule has 1 fully saturated rings. The minimum Gasteiger partial charge on any atom is -0.276 e. The van der Waals surface area contributed by atoms with Crippen LogP contribution in [0.4, 0.5) is 4.39 Å². The van der Waals surface area contributed by atoms with Crippen molar-refractivity contribution in [1.82, 2.24) is 14.5 Å². The van der Waals surface area contributed by atoms with Gasteiger partial charge in [-0.1, -0.05) is 12.1 Å². The van der Waals surface area contributed by atoms with E-state index in [0.29, 0.717) is 12.0 Å². The van der Waals surface area contributed by atoms with Gasteiger partial charge in [-0.2, -0.15) is 5.10 Å². The van der Waals surface area contributed by atoms with Gasteiger partial charge in [-0.05, 0) is 35.6 Å². The van der Waals surface area contributed by atoms with Crippen LogP contribution in [0, 0.1) is 11.7 Å². The normalized spacial score (nSPS) is 20.3. The first-order valence-electron chi connectivity index (χ1n) is 7.11. The molecule has 0 aliphatic heterocycles. The van der Waals surface area contributed by atoms with Crippen LogP contribution in [-0.2, 0) is 27.6 Å². The minimum atomic E-state index is -3.79. The van der Waals surface area contributed by atoms with Crippen molar-refractivity contribution in [2.24, 2.45) is 13.0 Å². The quantitative estimate of drug-likeness (QED) is 0.892. The van der Waals surface area contributed by atoms with Crippen molar-refractivity contribution < 1.29 is 17.6 Å². The number of carbonyl (C=O) groups excluding carboxylic acids is 1. The van der Waals surface area contributed by atoms with Crippen molar-refractivity contribution in [3.8, 4) is 0 Å². The Morgan fingerprint density at radius 1 is 1.39 bits per heavy atom. The summed E-state index contributed by atoms with van der Waals surface area (Å²) < 4.78 is 40.6. The van der Waals surface area contributed by atoms with Crippen LogP contribution in [0.15, 0.2) is 36.7 Å². The summed E-state index contributed by atoms with van der Waals surface area (Å²) in [5, 5.41) is 4.05. The lowest BCUT2D eigenvalue weighted by atomic mass is 10.2. The first kappa shape index (κ1) is 15.7. The Bertz CT molecular complexity index is 830. The largest absolute Gasteiger partial charge is 0.276 e. The van der Waals surface area contributed by atoms with Gasteiger partial charge in [-0.3, -0.25) is 14.2 Å². The molecule has 1 saturated carbocycles. The van der Waals surface area contributed by atoms with Gasteiger partial charge in [0.05, 0.1) is 11.9 Å². The number of aryl methyl sites for hydroxylation is 1. The molecule has 2 atom stereocenters. The average molecular weight is 337 g/mol. The van der Waals surface area contributed by atoms with Crippen molar-refractivity contribution in [2.75, 3.05) is 0 Å². The van der Waals surface area contributed by atoms with Gasteiger partial charge in [0.15, 0.2) is 0 Å². The molecule has 6 nitrogen and oxygen atoms in total. The van der Waals surface area contributed by atoms with E-state index < -0.39 is 21.7 Å². The van der Waals surface area contributed by atoms with Crippen LogP contribution in [0.3, 0.4) is 0 Å². The van der Waals surface area contributed by atoms with E-state index in [4.69, 9.17) is 0 Å². The second kappa shape index (κ2) is 5.77. The number of nitrogens with one attached hydrogen (secondary N) is 1. The summed E-state index contributed by atoms with van der Waals surface area (Å²) in [5.74, 6) is -1.62. The fourth-order valence-corrected chi connectivity index (χ4v) is 3.71. The van der Waals surface area contributed by atoms with E-state index in [0.717, 1.165) is 5.56 Å². The molecule has 1 aliphatic carbocycles. The first-order valence-corrected chi connectivity index (χ1v) is 8.76. The molecule has 0 radical (unpaired) electrons. The second-order valence-electron chi connectivity index (χ2n) is 5.75. The fourth-order valence-electron chi connectivity index (χ4n) is 2.55. The zero-order valence-corrected chi connectivity index (χ0v) is 13.3. The maximum Gasteiger partial charge on any atom is 0.239 e. The lowest BCUT2D eigenvalue weighted by Crippen LogP contribution is -2.33. The van der Waals surface area contributed by atoms with Crippen molar-refractivity contribution in [3.05, 3.63) is 53.6 Å². The molecule has 1 aromatic carbocycles. The predicted octanol–water partition coefficient (Wildman–Crippen LogP) is 1.31. The van der Waals surface area contributed by atoms with E-state index in [1.54, 1.807) is 17.9 Å². The van der Waals surface area contributed by atoms with Gasteiger partial charge < -0.3 is 0 Å². The van der Waals surface area contributed by atoms with Crippen LogP contribution in [0.5, 0.6) is 0 Å². The van der Waals surface area contributed by atoms with Gasteiger partial charge in [0, 0.05) is 19.2 Å². The number of benzene rings is 1. The Balaban J connectivity index is 1.60. The Labute approximate surface area is 133 Å². The zero-order valence-electron chi connectivity index (χ0n) is 12.4. The van der Waals surface area contributed by atoms with Gasteiger partial charge in [-0.15, -0.1) is 0 Å². The molecule has 1 aromatic heterocycles. The average Bonchev–Trinajstić information content (AvgIpc) is 3.16. The van der Waals surface area contributed by atoms with Gasteiger partial charge in [-0.25, -0.2) is 12.8 Å². The Morgan fingerprint density at radius 3 is 2.70 bits per heavy atom. The molecule has 1 amide bonds. The van der Waals surface area contributed by atoms with E-state index in [1.807, 2.05) is 6.20 Å². The number of sulfonamides is 1. The molecule has 23 heavy (non-hydrogen) atoms. The predicted molar refractivity (Wildman–Crippen MR) is 81.2 cm³/mol. The van der Waals surface area contributed by atoms with Crippen LogP contribution in [0.25, 0.3) is 0 Å². The van der Waals surface area contributed by atoms with Gasteiger partial charge in [0.1, 0.15) is 5.82 Å². The highest BCUT2D eigenvalue weighted by molar-refractivity contribution is 7.89. The van der Waals surface area contributed by atoms with E-state index in [1.165, 1.54) is 24.3 Å². The Hall–Kier alpha value is -2.22. The maximum atomic E-state index is 12.8. The summed E-state index contributed by atoms with van der Waals surface area (Å²) in [5.41, 5.74) is 1.36. The van der Waals surface area contributed by atoms with E-state index in [9.17, 15) is 17.6 Å². The Kier molecular flexibility index (Phi) is 3.93. The zero-order chi connectivity index (χ0) is 16.6. The van der Waals surface area contributed by atoms with Crippen molar-refractivity contribution in [2.45, 2.75) is 18.1 Å². The van der Waals surface area contributed by atoms with Gasteiger partial charge in [0.2, 0.25) is 15.9 Å². The topological polar surface area (TPSA) is 81.1 Å². The highest BCUT2D eigenvalue weighted by atomic mass is 32.2. The van der Waals surface area contributed by atoms with Crippen LogP contribution in [-0.4, -0.2) is 24.1 Å². The second-order valence-corrected chi connectivity index (χ2v) is 7.47. The van der Waals surface area contributed by atoms with Crippen LogP contribution >= 0.6 is 0 Å². The van der Waals surface area contributed by atoms with Crippen molar-refractivity contribution in [3.63, 3.8) is 0 Å². The number of nitrogens with zero attached hydrogens (tertiary/aromatic N) is 2. The number of carbonyl (C=O) groups is 1. The molecule has 0 spiro atoms. The lowest BCUT2D eigenvalue weighted by Gasteiger charge is -2.06. The molecule has 0 saturated heterocycles. The molecule has 2 unspecified atom stereocenters. The van der Waals surface area contributed by atoms with Gasteiger partial charge >= 0.3 is 0 Å². The summed E-state index contributed by atoms with van der Waals surface area (Å²) in [6, 6.07) is 5.14. The summed E-state index contributed by atoms with van der Waals surface area (Å²) in [6.45, 7) is 0. The SMILES string of the molecule is Cn1cc(C2CC2C(=O)NS(=O)(=O)Cc2ccc(F)cc2)cn1. The summed E-state index contributed by atoms with van der Waals surface area (Å²) in [4.78, 5) is 12.1. The number of hydrogen-bond acceptors (Lipinski definition) is 4. The molecule has 1 aliphatic rings. The van der Waals surface area contributed by atoms with E-state index >= 15 is 0 Å². The molecule has 122 valence electrons. The smallest absolute Gasteiger partial charge is 0.239 e. The third kappa shape index (κ3) is 3.76. The fraction of sp³-hybridized carbons (Fsp3) is 0.333. The monoisotopic (exact) mass is 337 g/mol. The molecule has 2 aromatic rings. The third-order valence-corrected chi connectivity index (χ3v) is 5.03. The summed E-state index contributed by atoms with van der Waals surface area (Å²) in [6.07, 6.45) is 4.12. The molecule has 1 N–H and O–H groups in total. The molecular weight excluding hydrogens is 321 g/mol. The van der Waals surface area contributed by atoms with E-state index in [2.05, 4.69) is 9.82 Å². The third-order valence-electron chi connectivity index (χ3n) is 3.81. The first-order chi connectivity index (χ1) is 10.8. The standard InChI is InChI=1S/C15H16FN3O3S/c1-19-8-11(7-17-19)13-6-14(13)15(20)18-23(21,22)9-10-2-4-12(16)5-3-10/h2-5,7-8,13-14H,6,9H2,1H3,(H,18,20). The highest BCUT2D eigenvalue weighted by Gasteiger charge is 2.45. The summed E-state index contributed by atoms with van der Waals surface area (Å²) >= 11 is 0. The van der Waals surface area contributed by atoms with Gasteiger partial charge in [0.25, 0.3) is 0 Å². The van der Waals surface area contributed by atoms with Crippen LogP contribution < -0.4 is 4.72 Å². The van der Waals surface area contributed by atoms with Crippen LogP contribution in [0.2, 0.25) is 0 Å².